The summed E-state index contributed by atoms with van der Waals surface area (Å²) in [5.41, 5.74) is 0. The molecule has 0 aromatic rings. The average Bonchev–Trinajstić information content (AvgIpc) is 3.84. The maximum atomic E-state index is 12.4. The largest absolute Gasteiger partial charge is 0.469 e. The van der Waals surface area contributed by atoms with E-state index in [2.05, 4.69) is 54.8 Å². The number of esters is 2. The molecule has 1 aliphatic rings. The molecule has 2 unspecified atom stereocenters. The topological polar surface area (TPSA) is 132 Å². The predicted molar refractivity (Wildman–Crippen MR) is 202 cm³/mol. The Morgan fingerprint density at radius 2 is 1.16 bits per heavy atom. The zero-order valence-electron chi connectivity index (χ0n) is 31.5. The van der Waals surface area contributed by atoms with Crippen molar-refractivity contribution < 1.29 is 42.7 Å². The van der Waals surface area contributed by atoms with Gasteiger partial charge in [0.15, 0.2) is 6.10 Å². The van der Waals surface area contributed by atoms with Gasteiger partial charge in [-0.15, -0.1) is 0 Å². The highest BCUT2D eigenvalue weighted by Gasteiger charge is 2.36. The van der Waals surface area contributed by atoms with E-state index in [1.165, 1.54) is 51.4 Å². The van der Waals surface area contributed by atoms with Crippen molar-refractivity contribution in [1.29, 1.82) is 0 Å². The smallest absolute Gasteiger partial charge is 0.462 e. The third-order valence-electron chi connectivity index (χ3n) is 8.81. The SMILES string of the molecule is CCCCC/C=C\C/C=C\CCCCCCCCC(=O)O[C@H](COC(=O)CCCCCCC/C=C\CC1OC1CCCCC)COP(=O)(O)O. The Balaban J connectivity index is 2.08. The Morgan fingerprint density at radius 1 is 0.640 bits per heavy atom. The van der Waals surface area contributed by atoms with Crippen LogP contribution in [0.15, 0.2) is 36.5 Å². The second-order valence-corrected chi connectivity index (χ2v) is 14.9. The van der Waals surface area contributed by atoms with Crippen LogP contribution in [0.3, 0.4) is 0 Å². The van der Waals surface area contributed by atoms with E-state index in [9.17, 15) is 14.2 Å². The second-order valence-electron chi connectivity index (χ2n) is 13.6. The summed E-state index contributed by atoms with van der Waals surface area (Å²) in [7, 11) is -4.76. The van der Waals surface area contributed by atoms with Crippen molar-refractivity contribution in [3.63, 3.8) is 0 Å². The Labute approximate surface area is 304 Å². The first-order valence-electron chi connectivity index (χ1n) is 19.9. The minimum atomic E-state index is -4.76. The zero-order chi connectivity index (χ0) is 36.5. The standard InChI is InChI=1S/C40H71O9P/c1-3-5-7-8-9-10-11-12-13-14-15-16-17-22-25-29-33-40(42)48-36(35-47-50(43,44)45)34-46-39(41)32-28-24-21-19-18-20-23-27-31-38-37(49-38)30-26-6-4-2/h9-10,12-13,23,27,36-38H,3-8,11,14-22,24-26,28-35H2,1-2H3,(H2,43,44,45)/b10-9-,13-12-,27-23-/t36-,37?,38?/m1/s1. The number of allylic oxidation sites excluding steroid dienone is 5. The van der Waals surface area contributed by atoms with Gasteiger partial charge < -0.3 is 24.0 Å². The lowest BCUT2D eigenvalue weighted by molar-refractivity contribution is -0.161. The van der Waals surface area contributed by atoms with Crippen LogP contribution < -0.4 is 0 Å². The van der Waals surface area contributed by atoms with Crippen molar-refractivity contribution in [1.82, 2.24) is 0 Å². The van der Waals surface area contributed by atoms with E-state index in [1.54, 1.807) is 0 Å². The van der Waals surface area contributed by atoms with E-state index >= 15 is 0 Å². The third kappa shape index (κ3) is 31.0. The Morgan fingerprint density at radius 3 is 1.76 bits per heavy atom. The summed E-state index contributed by atoms with van der Waals surface area (Å²) in [6.45, 7) is 3.60. The van der Waals surface area contributed by atoms with Crippen molar-refractivity contribution in [3.8, 4) is 0 Å². The highest BCUT2D eigenvalue weighted by atomic mass is 31.2. The van der Waals surface area contributed by atoms with Gasteiger partial charge in [0.1, 0.15) is 6.61 Å². The molecule has 1 heterocycles. The maximum Gasteiger partial charge on any atom is 0.469 e. The van der Waals surface area contributed by atoms with E-state index in [-0.39, 0.29) is 19.4 Å². The van der Waals surface area contributed by atoms with Gasteiger partial charge in [-0.3, -0.25) is 14.1 Å². The molecule has 9 nitrogen and oxygen atoms in total. The van der Waals surface area contributed by atoms with E-state index in [0.717, 1.165) is 83.5 Å². The predicted octanol–water partition coefficient (Wildman–Crippen LogP) is 10.8. The summed E-state index contributed by atoms with van der Waals surface area (Å²) in [6.07, 6.45) is 38.9. The van der Waals surface area contributed by atoms with Crippen LogP contribution in [0.2, 0.25) is 0 Å². The van der Waals surface area contributed by atoms with E-state index in [4.69, 9.17) is 24.0 Å². The van der Waals surface area contributed by atoms with E-state index < -0.39 is 32.5 Å². The molecule has 1 rings (SSSR count). The van der Waals surface area contributed by atoms with Crippen molar-refractivity contribution in [2.45, 2.75) is 193 Å². The molecule has 0 amide bonds. The molecule has 0 saturated carbocycles. The van der Waals surface area contributed by atoms with Crippen LogP contribution in [0.5, 0.6) is 0 Å². The summed E-state index contributed by atoms with van der Waals surface area (Å²) in [5.74, 6) is -0.919. The molecule has 1 aliphatic heterocycles. The molecule has 3 atom stereocenters. The minimum absolute atomic E-state index is 0.194. The maximum absolute atomic E-state index is 12.4. The van der Waals surface area contributed by atoms with Gasteiger partial charge in [0.2, 0.25) is 0 Å². The molecule has 0 aliphatic carbocycles. The average molecular weight is 727 g/mol. The molecule has 10 heteroatoms. The van der Waals surface area contributed by atoms with Crippen molar-refractivity contribution >= 4 is 19.8 Å². The van der Waals surface area contributed by atoms with Gasteiger partial charge >= 0.3 is 19.8 Å². The van der Waals surface area contributed by atoms with Crippen LogP contribution in [-0.4, -0.2) is 53.3 Å². The summed E-state index contributed by atoms with van der Waals surface area (Å²) < 4.78 is 32.1. The lowest BCUT2D eigenvalue weighted by Crippen LogP contribution is -2.29. The lowest BCUT2D eigenvalue weighted by Gasteiger charge is -2.18. The summed E-state index contributed by atoms with van der Waals surface area (Å²) >= 11 is 0. The van der Waals surface area contributed by atoms with E-state index in [1.807, 2.05) is 0 Å². The molecule has 0 spiro atoms. The van der Waals surface area contributed by atoms with Crippen LogP contribution in [0.4, 0.5) is 0 Å². The van der Waals surface area contributed by atoms with Gasteiger partial charge in [0.25, 0.3) is 0 Å². The monoisotopic (exact) mass is 726 g/mol. The van der Waals surface area contributed by atoms with Crippen LogP contribution in [-0.2, 0) is 32.9 Å². The van der Waals surface area contributed by atoms with Gasteiger partial charge in [-0.1, -0.05) is 127 Å². The summed E-state index contributed by atoms with van der Waals surface area (Å²) in [6, 6.07) is 0. The number of carbonyl (C=O) groups is 2. The third-order valence-corrected chi connectivity index (χ3v) is 9.29. The molecule has 0 radical (unpaired) electrons. The molecule has 0 aromatic heterocycles. The number of epoxide rings is 1. The molecule has 1 saturated heterocycles. The number of hydrogen-bond acceptors (Lipinski definition) is 7. The van der Waals surface area contributed by atoms with Crippen LogP contribution in [0.25, 0.3) is 0 Å². The Hall–Kier alpha value is -1.77. The molecule has 290 valence electrons. The number of hydrogen-bond donors (Lipinski definition) is 2. The van der Waals surface area contributed by atoms with Crippen molar-refractivity contribution in [3.05, 3.63) is 36.5 Å². The van der Waals surface area contributed by atoms with Crippen molar-refractivity contribution in [2.24, 2.45) is 0 Å². The number of ether oxygens (including phenoxy) is 3. The quantitative estimate of drug-likeness (QED) is 0.0215. The molecule has 50 heavy (non-hydrogen) atoms. The fraction of sp³-hybridized carbons (Fsp3) is 0.800. The first-order chi connectivity index (χ1) is 24.2. The fourth-order valence-corrected chi connectivity index (χ4v) is 6.06. The van der Waals surface area contributed by atoms with Gasteiger partial charge in [0, 0.05) is 12.8 Å². The molecule has 0 bridgehead atoms. The first-order valence-corrected chi connectivity index (χ1v) is 21.4. The molecular weight excluding hydrogens is 655 g/mol. The highest BCUT2D eigenvalue weighted by molar-refractivity contribution is 7.46. The number of phosphoric acid groups is 1. The number of phosphoric ester groups is 1. The number of rotatable bonds is 35. The summed E-state index contributed by atoms with van der Waals surface area (Å²) in [4.78, 5) is 42.8. The summed E-state index contributed by atoms with van der Waals surface area (Å²) in [5, 5.41) is 0. The minimum Gasteiger partial charge on any atom is -0.462 e. The second kappa shape index (κ2) is 31.9. The first kappa shape index (κ1) is 46.3. The Bertz CT molecular complexity index is 974. The van der Waals surface area contributed by atoms with Gasteiger partial charge in [0.05, 0.1) is 18.8 Å². The number of carbonyl (C=O) groups excluding carboxylic acids is 2. The van der Waals surface area contributed by atoms with Gasteiger partial charge in [-0.2, -0.15) is 0 Å². The molecule has 0 aromatic carbocycles. The van der Waals surface area contributed by atoms with Crippen LogP contribution in [0.1, 0.15) is 174 Å². The van der Waals surface area contributed by atoms with Crippen molar-refractivity contribution in [2.75, 3.05) is 13.2 Å². The van der Waals surface area contributed by atoms with Crippen LogP contribution in [0, 0.1) is 0 Å². The zero-order valence-corrected chi connectivity index (χ0v) is 32.4. The Kier molecular flexibility index (Phi) is 29.5. The van der Waals surface area contributed by atoms with Crippen LogP contribution >= 0.6 is 7.82 Å². The molecule has 1 fully saturated rings. The normalized spacial score (nSPS) is 16.9. The van der Waals surface area contributed by atoms with E-state index in [0.29, 0.717) is 25.0 Å². The molecular formula is C40H71O9P. The fourth-order valence-electron chi connectivity index (χ4n) is 5.70. The lowest BCUT2D eigenvalue weighted by atomic mass is 10.1. The van der Waals surface area contributed by atoms with Gasteiger partial charge in [-0.05, 0) is 70.6 Å². The number of unbranched alkanes of at least 4 members (excludes halogenated alkanes) is 16. The molecule has 2 N–H and O–H groups in total. The van der Waals surface area contributed by atoms with Gasteiger partial charge in [-0.25, -0.2) is 4.57 Å². The highest BCUT2D eigenvalue weighted by Crippen LogP contribution is 2.36.